The first-order chi connectivity index (χ1) is 6.77. The molecule has 15 heavy (non-hydrogen) atoms. The van der Waals surface area contributed by atoms with Crippen molar-refractivity contribution in [1.82, 2.24) is 0 Å². The SMILES string of the molecule is CCOP(=O)(CS(=O)(=O)C(C)C)OCC. The summed E-state index contributed by atoms with van der Waals surface area (Å²) < 4.78 is 44.9. The summed E-state index contributed by atoms with van der Waals surface area (Å²) in [6, 6.07) is 0. The van der Waals surface area contributed by atoms with Crippen molar-refractivity contribution in [3.8, 4) is 0 Å². The van der Waals surface area contributed by atoms with E-state index in [0.717, 1.165) is 0 Å². The second-order valence-corrected chi connectivity index (χ2v) is 8.33. The van der Waals surface area contributed by atoms with Gasteiger partial charge in [-0.05, 0) is 27.7 Å². The van der Waals surface area contributed by atoms with Crippen LogP contribution in [0.3, 0.4) is 0 Å². The lowest BCUT2D eigenvalue weighted by molar-refractivity contribution is 0.223. The molecule has 7 heteroatoms. The van der Waals surface area contributed by atoms with Gasteiger partial charge in [0.25, 0.3) is 0 Å². The molecule has 0 amide bonds. The molecule has 0 aliphatic rings. The van der Waals surface area contributed by atoms with Crippen LogP contribution in [0.1, 0.15) is 27.7 Å². The molecule has 0 rings (SSSR count). The Morgan fingerprint density at radius 1 is 1.13 bits per heavy atom. The Balaban J connectivity index is 4.77. The zero-order valence-corrected chi connectivity index (χ0v) is 11.3. The number of rotatable bonds is 7. The number of hydrogen-bond donors (Lipinski definition) is 0. The van der Waals surface area contributed by atoms with Crippen molar-refractivity contribution >= 4 is 17.4 Å². The summed E-state index contributed by atoms with van der Waals surface area (Å²) in [5, 5.41) is -0.577. The molecule has 0 radical (unpaired) electrons. The number of sulfone groups is 1. The highest BCUT2D eigenvalue weighted by Gasteiger charge is 2.33. The zero-order valence-electron chi connectivity index (χ0n) is 9.60. The van der Waals surface area contributed by atoms with E-state index in [-0.39, 0.29) is 13.2 Å². The van der Waals surface area contributed by atoms with Crippen LogP contribution in [0, 0.1) is 0 Å². The van der Waals surface area contributed by atoms with Crippen molar-refractivity contribution in [2.24, 2.45) is 0 Å². The van der Waals surface area contributed by atoms with Crippen LogP contribution in [0.15, 0.2) is 0 Å². The summed E-state index contributed by atoms with van der Waals surface area (Å²) in [4.78, 5) is 0. The quantitative estimate of drug-likeness (QED) is 0.653. The topological polar surface area (TPSA) is 69.7 Å². The standard InChI is InChI=1S/C8H19O5PS/c1-5-12-14(9,13-6-2)7-15(10,11)8(3)4/h8H,5-7H2,1-4H3. The monoisotopic (exact) mass is 258 g/mol. The highest BCUT2D eigenvalue weighted by Crippen LogP contribution is 2.49. The van der Waals surface area contributed by atoms with E-state index in [9.17, 15) is 13.0 Å². The molecule has 0 heterocycles. The summed E-state index contributed by atoms with van der Waals surface area (Å²) in [5.74, 6) is 0. The molecule has 5 nitrogen and oxygen atoms in total. The maximum Gasteiger partial charge on any atom is 0.345 e. The fourth-order valence-corrected chi connectivity index (χ4v) is 5.29. The first-order valence-corrected chi connectivity index (χ1v) is 8.31. The second kappa shape index (κ2) is 5.99. The molecule has 0 unspecified atom stereocenters. The van der Waals surface area contributed by atoms with Crippen molar-refractivity contribution < 1.29 is 22.0 Å². The Morgan fingerprint density at radius 2 is 1.53 bits per heavy atom. The smallest absolute Gasteiger partial charge is 0.308 e. The van der Waals surface area contributed by atoms with E-state index in [0.29, 0.717) is 0 Å². The minimum atomic E-state index is -3.48. The van der Waals surface area contributed by atoms with Crippen LogP contribution in [-0.2, 0) is 23.4 Å². The zero-order chi connectivity index (χ0) is 12.1. The van der Waals surface area contributed by atoms with Crippen molar-refractivity contribution in [3.63, 3.8) is 0 Å². The van der Waals surface area contributed by atoms with E-state index in [4.69, 9.17) is 9.05 Å². The fraction of sp³-hybridized carbons (Fsp3) is 1.00. The molecule has 0 spiro atoms. The van der Waals surface area contributed by atoms with Crippen LogP contribution in [0.25, 0.3) is 0 Å². The van der Waals surface area contributed by atoms with Gasteiger partial charge in [0.05, 0.1) is 18.5 Å². The first kappa shape index (κ1) is 15.1. The molecule has 0 aromatic heterocycles. The van der Waals surface area contributed by atoms with E-state index in [1.807, 2.05) is 0 Å². The molecule has 0 atom stereocenters. The second-order valence-electron chi connectivity index (χ2n) is 3.29. The predicted molar refractivity (Wildman–Crippen MR) is 59.8 cm³/mol. The molecular weight excluding hydrogens is 239 g/mol. The van der Waals surface area contributed by atoms with Crippen LogP contribution in [0.4, 0.5) is 0 Å². The van der Waals surface area contributed by atoms with Gasteiger partial charge in [0.1, 0.15) is 0 Å². The van der Waals surface area contributed by atoms with Crippen LogP contribution in [0.5, 0.6) is 0 Å². The summed E-state index contributed by atoms with van der Waals surface area (Å²) in [7, 11) is -6.90. The normalized spacial score (nSPS) is 13.4. The summed E-state index contributed by atoms with van der Waals surface area (Å²) in [6.07, 6.45) is 0. The molecule has 0 bridgehead atoms. The molecule has 0 fully saturated rings. The van der Waals surface area contributed by atoms with Crippen molar-refractivity contribution in [2.45, 2.75) is 32.9 Å². The van der Waals surface area contributed by atoms with E-state index in [1.54, 1.807) is 13.8 Å². The Morgan fingerprint density at radius 3 is 1.80 bits per heavy atom. The molecule has 0 saturated carbocycles. The minimum Gasteiger partial charge on any atom is -0.308 e. The first-order valence-electron chi connectivity index (χ1n) is 4.87. The van der Waals surface area contributed by atoms with Gasteiger partial charge >= 0.3 is 7.60 Å². The Labute approximate surface area is 91.6 Å². The third-order valence-corrected chi connectivity index (χ3v) is 7.15. The lowest BCUT2D eigenvalue weighted by Gasteiger charge is -2.18. The van der Waals surface area contributed by atoms with Gasteiger partial charge < -0.3 is 9.05 Å². The molecule has 0 saturated heterocycles. The van der Waals surface area contributed by atoms with Gasteiger partial charge in [0.15, 0.2) is 15.3 Å². The molecular formula is C8H19O5PS. The molecule has 0 aliphatic carbocycles. The van der Waals surface area contributed by atoms with Crippen LogP contribution in [0.2, 0.25) is 0 Å². The van der Waals surface area contributed by atoms with Gasteiger partial charge in [-0.2, -0.15) is 0 Å². The maximum absolute atomic E-state index is 11.9. The van der Waals surface area contributed by atoms with Gasteiger partial charge in [0, 0.05) is 0 Å². The Kier molecular flexibility index (Phi) is 6.03. The minimum absolute atomic E-state index is 0.172. The average molecular weight is 258 g/mol. The summed E-state index contributed by atoms with van der Waals surface area (Å²) in [6.45, 7) is 6.71. The molecule has 0 aromatic rings. The summed E-state index contributed by atoms with van der Waals surface area (Å²) >= 11 is 0. The van der Waals surface area contributed by atoms with Gasteiger partial charge in [-0.25, -0.2) is 8.42 Å². The van der Waals surface area contributed by atoms with Gasteiger partial charge in [-0.3, -0.25) is 4.57 Å². The lowest BCUT2D eigenvalue weighted by atomic mass is 10.6. The van der Waals surface area contributed by atoms with Crippen LogP contribution < -0.4 is 0 Å². The Bertz CT molecular complexity index is 312. The highest BCUT2D eigenvalue weighted by atomic mass is 32.2. The molecule has 0 aromatic carbocycles. The predicted octanol–water partition coefficient (Wildman–Crippen LogP) is 2.03. The van der Waals surface area contributed by atoms with Crippen molar-refractivity contribution in [1.29, 1.82) is 0 Å². The van der Waals surface area contributed by atoms with Crippen molar-refractivity contribution in [3.05, 3.63) is 0 Å². The van der Waals surface area contributed by atoms with E-state index >= 15 is 0 Å². The maximum atomic E-state index is 11.9. The van der Waals surface area contributed by atoms with Crippen LogP contribution >= 0.6 is 7.60 Å². The third kappa shape index (κ3) is 5.11. The Hall–Kier alpha value is 0.100. The average Bonchev–Trinajstić information content (AvgIpc) is 2.02. The lowest BCUT2D eigenvalue weighted by Crippen LogP contribution is -2.19. The van der Waals surface area contributed by atoms with Crippen molar-refractivity contribution in [2.75, 3.05) is 18.7 Å². The fourth-order valence-electron chi connectivity index (χ4n) is 0.875. The summed E-state index contributed by atoms with van der Waals surface area (Å²) in [5.41, 5.74) is -0.542. The molecule has 0 aliphatic heterocycles. The largest absolute Gasteiger partial charge is 0.345 e. The van der Waals surface area contributed by atoms with E-state index in [1.165, 1.54) is 13.8 Å². The van der Waals surface area contributed by atoms with Gasteiger partial charge in [-0.1, -0.05) is 0 Å². The van der Waals surface area contributed by atoms with Crippen LogP contribution in [-0.4, -0.2) is 32.4 Å². The number of hydrogen-bond acceptors (Lipinski definition) is 5. The van der Waals surface area contributed by atoms with Gasteiger partial charge in [-0.15, -0.1) is 0 Å². The highest BCUT2D eigenvalue weighted by molar-refractivity contribution is 7.98. The van der Waals surface area contributed by atoms with E-state index < -0.39 is 28.2 Å². The third-order valence-electron chi connectivity index (χ3n) is 1.71. The molecule has 0 N–H and O–H groups in total. The molecule has 92 valence electrons. The van der Waals surface area contributed by atoms with E-state index in [2.05, 4.69) is 0 Å². The van der Waals surface area contributed by atoms with Gasteiger partial charge in [0.2, 0.25) is 0 Å².